The van der Waals surface area contributed by atoms with Crippen molar-refractivity contribution in [2.75, 3.05) is 6.66 Å². The van der Waals surface area contributed by atoms with Crippen LogP contribution in [-0.4, -0.2) is 12.8 Å². The SMILES string of the molecule is CC(C)O[PH](C)=O. The molecule has 0 aliphatic heterocycles. The minimum absolute atomic E-state index is 0.108. The Hall–Kier alpha value is 0.190. The second kappa shape index (κ2) is 3.23. The molecule has 0 aliphatic carbocycles. The first kappa shape index (κ1) is 7.19. The van der Waals surface area contributed by atoms with Gasteiger partial charge in [-0.1, -0.05) is 0 Å². The highest BCUT2D eigenvalue weighted by molar-refractivity contribution is 7.38. The molecule has 1 atom stereocenters. The third-order valence-corrected chi connectivity index (χ3v) is 1.20. The maximum Gasteiger partial charge on any atom is 0.188 e. The van der Waals surface area contributed by atoms with Crippen LogP contribution in [0.2, 0.25) is 0 Å². The second-order valence-corrected chi connectivity index (χ2v) is 2.88. The van der Waals surface area contributed by atoms with E-state index in [1.807, 2.05) is 13.8 Å². The summed E-state index contributed by atoms with van der Waals surface area (Å²) >= 11 is 0. The topological polar surface area (TPSA) is 26.3 Å². The van der Waals surface area contributed by atoms with Crippen LogP contribution >= 0.6 is 8.03 Å². The van der Waals surface area contributed by atoms with Gasteiger partial charge in [0.1, 0.15) is 0 Å². The molecule has 0 radical (unpaired) electrons. The number of rotatable bonds is 2. The zero-order valence-corrected chi connectivity index (χ0v) is 5.89. The lowest BCUT2D eigenvalue weighted by Crippen LogP contribution is -1.92. The minimum atomic E-state index is -1.68. The summed E-state index contributed by atoms with van der Waals surface area (Å²) in [4.78, 5) is 0. The fraction of sp³-hybridized carbons (Fsp3) is 1.00. The molecule has 0 heterocycles. The molecule has 7 heavy (non-hydrogen) atoms. The first-order chi connectivity index (χ1) is 3.13. The van der Waals surface area contributed by atoms with E-state index in [1.165, 1.54) is 0 Å². The summed E-state index contributed by atoms with van der Waals surface area (Å²) in [5.41, 5.74) is 0. The van der Waals surface area contributed by atoms with Crippen LogP contribution in [-0.2, 0) is 9.09 Å². The van der Waals surface area contributed by atoms with E-state index in [9.17, 15) is 4.57 Å². The molecule has 0 aromatic carbocycles. The highest BCUT2D eigenvalue weighted by Crippen LogP contribution is 2.17. The van der Waals surface area contributed by atoms with Gasteiger partial charge in [0.05, 0.1) is 6.10 Å². The maximum absolute atomic E-state index is 10.2. The van der Waals surface area contributed by atoms with E-state index in [1.54, 1.807) is 6.66 Å². The van der Waals surface area contributed by atoms with Gasteiger partial charge in [-0.05, 0) is 13.8 Å². The molecule has 0 aromatic rings. The van der Waals surface area contributed by atoms with Crippen LogP contribution in [0, 0.1) is 0 Å². The molecule has 0 spiro atoms. The van der Waals surface area contributed by atoms with E-state index in [4.69, 9.17) is 4.52 Å². The number of hydrogen-bond donors (Lipinski definition) is 0. The molecule has 0 amide bonds. The molecule has 1 unspecified atom stereocenters. The van der Waals surface area contributed by atoms with Crippen molar-refractivity contribution in [3.8, 4) is 0 Å². The van der Waals surface area contributed by atoms with E-state index in [-0.39, 0.29) is 6.10 Å². The summed E-state index contributed by atoms with van der Waals surface area (Å²) in [7, 11) is -1.68. The molecule has 0 bridgehead atoms. The molecule has 0 aliphatic rings. The maximum atomic E-state index is 10.2. The van der Waals surface area contributed by atoms with Crippen molar-refractivity contribution < 1.29 is 9.09 Å². The fourth-order valence-electron chi connectivity index (χ4n) is 0.332. The summed E-state index contributed by atoms with van der Waals surface area (Å²) in [6, 6.07) is 0. The Morgan fingerprint density at radius 2 is 2.00 bits per heavy atom. The van der Waals surface area contributed by atoms with Crippen LogP contribution in [0.1, 0.15) is 13.8 Å². The van der Waals surface area contributed by atoms with E-state index >= 15 is 0 Å². The molecule has 0 fully saturated rings. The Bertz CT molecular complexity index is 70.1. The summed E-state index contributed by atoms with van der Waals surface area (Å²) in [5, 5.41) is 0. The average molecular weight is 122 g/mol. The van der Waals surface area contributed by atoms with Crippen molar-refractivity contribution in [1.29, 1.82) is 0 Å². The van der Waals surface area contributed by atoms with Crippen molar-refractivity contribution in [3.05, 3.63) is 0 Å². The van der Waals surface area contributed by atoms with Gasteiger partial charge in [0.2, 0.25) is 0 Å². The van der Waals surface area contributed by atoms with Gasteiger partial charge in [-0.2, -0.15) is 0 Å². The highest BCUT2D eigenvalue weighted by Gasteiger charge is 1.91. The van der Waals surface area contributed by atoms with Crippen LogP contribution in [0.3, 0.4) is 0 Å². The lowest BCUT2D eigenvalue weighted by Gasteiger charge is -2.00. The zero-order chi connectivity index (χ0) is 5.86. The smallest absolute Gasteiger partial charge is 0.188 e. The van der Waals surface area contributed by atoms with Gasteiger partial charge in [0.25, 0.3) is 0 Å². The van der Waals surface area contributed by atoms with Gasteiger partial charge < -0.3 is 4.52 Å². The first-order valence-electron chi connectivity index (χ1n) is 2.30. The molecule has 2 nitrogen and oxygen atoms in total. The van der Waals surface area contributed by atoms with Gasteiger partial charge >= 0.3 is 0 Å². The average Bonchev–Trinajstić information content (AvgIpc) is 1.27. The lowest BCUT2D eigenvalue weighted by molar-refractivity contribution is 0.258. The van der Waals surface area contributed by atoms with Crippen LogP contribution < -0.4 is 0 Å². The lowest BCUT2D eigenvalue weighted by atomic mass is 10.5. The molecule has 3 heteroatoms. The Balaban J connectivity index is 3.13. The van der Waals surface area contributed by atoms with Gasteiger partial charge in [-0.3, -0.25) is 4.57 Å². The summed E-state index contributed by atoms with van der Waals surface area (Å²) in [5.74, 6) is 0. The Kier molecular flexibility index (Phi) is 3.31. The molecular formula is C4H11O2P. The van der Waals surface area contributed by atoms with E-state index < -0.39 is 8.03 Å². The van der Waals surface area contributed by atoms with Crippen LogP contribution in [0.4, 0.5) is 0 Å². The van der Waals surface area contributed by atoms with E-state index in [2.05, 4.69) is 0 Å². The fourth-order valence-corrected chi connectivity index (χ4v) is 0.996. The first-order valence-corrected chi connectivity index (χ1v) is 4.12. The van der Waals surface area contributed by atoms with E-state index in [0.717, 1.165) is 0 Å². The summed E-state index contributed by atoms with van der Waals surface area (Å²) < 4.78 is 15.0. The number of hydrogen-bond acceptors (Lipinski definition) is 2. The molecule has 0 saturated heterocycles. The Morgan fingerprint density at radius 1 is 1.57 bits per heavy atom. The van der Waals surface area contributed by atoms with Gasteiger partial charge in [0, 0.05) is 6.66 Å². The molecule has 0 aromatic heterocycles. The van der Waals surface area contributed by atoms with Crippen LogP contribution in [0.25, 0.3) is 0 Å². The van der Waals surface area contributed by atoms with Crippen molar-refractivity contribution in [3.63, 3.8) is 0 Å². The molecular weight excluding hydrogens is 111 g/mol. The summed E-state index contributed by atoms with van der Waals surface area (Å²) in [6.45, 7) is 5.32. The highest BCUT2D eigenvalue weighted by atomic mass is 31.1. The molecule has 0 N–H and O–H groups in total. The van der Waals surface area contributed by atoms with Crippen molar-refractivity contribution in [2.45, 2.75) is 20.0 Å². The zero-order valence-electron chi connectivity index (χ0n) is 4.89. The van der Waals surface area contributed by atoms with E-state index in [0.29, 0.717) is 0 Å². The predicted octanol–water partition coefficient (Wildman–Crippen LogP) is 1.52. The van der Waals surface area contributed by atoms with Gasteiger partial charge in [-0.15, -0.1) is 0 Å². The van der Waals surface area contributed by atoms with Crippen LogP contribution in [0.15, 0.2) is 0 Å². The third kappa shape index (κ3) is 6.19. The normalized spacial score (nSPS) is 14.9. The van der Waals surface area contributed by atoms with Crippen LogP contribution in [0.5, 0.6) is 0 Å². The largest absolute Gasteiger partial charge is 0.328 e. The monoisotopic (exact) mass is 122 g/mol. The van der Waals surface area contributed by atoms with Gasteiger partial charge in [0.15, 0.2) is 8.03 Å². The predicted molar refractivity (Wildman–Crippen MR) is 31.1 cm³/mol. The van der Waals surface area contributed by atoms with Crippen molar-refractivity contribution in [2.24, 2.45) is 0 Å². The molecule has 0 rings (SSSR count). The molecule has 44 valence electrons. The Morgan fingerprint density at radius 3 is 2.00 bits per heavy atom. The quantitative estimate of drug-likeness (QED) is 0.519. The second-order valence-electron chi connectivity index (χ2n) is 1.66. The Labute approximate surface area is 44.7 Å². The summed E-state index contributed by atoms with van der Waals surface area (Å²) in [6.07, 6.45) is 0.108. The minimum Gasteiger partial charge on any atom is -0.328 e. The standard InChI is InChI=1S/C4H11O2P/c1-4(2)6-7(3)5/h4,7H,1-3H3. The molecule has 0 saturated carbocycles. The van der Waals surface area contributed by atoms with Crippen molar-refractivity contribution >= 4 is 8.03 Å². The third-order valence-electron chi connectivity index (χ3n) is 0.402. The van der Waals surface area contributed by atoms with Gasteiger partial charge in [-0.25, -0.2) is 0 Å². The van der Waals surface area contributed by atoms with Crippen molar-refractivity contribution in [1.82, 2.24) is 0 Å².